The largest absolute Gasteiger partial charge is 0.350 e. The predicted molar refractivity (Wildman–Crippen MR) is 103 cm³/mol. The molecule has 1 amide bonds. The lowest BCUT2D eigenvalue weighted by Crippen LogP contribution is -2.21. The zero-order chi connectivity index (χ0) is 19.1. The molecular weight excluding hydrogens is 352 g/mol. The van der Waals surface area contributed by atoms with Crippen LogP contribution in [-0.2, 0) is 11.3 Å². The summed E-state index contributed by atoms with van der Waals surface area (Å²) in [7, 11) is 0. The second kappa shape index (κ2) is 6.53. The molecule has 0 unspecified atom stereocenters. The van der Waals surface area contributed by atoms with E-state index in [0.717, 1.165) is 33.9 Å². The molecule has 0 bridgehead atoms. The molecule has 1 N–H and O–H groups in total. The quantitative estimate of drug-likeness (QED) is 0.586. The highest BCUT2D eigenvalue weighted by Crippen LogP contribution is 2.33. The maximum atomic E-state index is 12.3. The number of fused-ring (bicyclic) bond motifs is 3. The van der Waals surface area contributed by atoms with Crippen LogP contribution in [-0.4, -0.2) is 30.2 Å². The Labute approximate surface area is 161 Å². The molecule has 5 heterocycles. The number of imidazole rings is 1. The van der Waals surface area contributed by atoms with Crippen LogP contribution in [0.25, 0.3) is 17.2 Å². The van der Waals surface area contributed by atoms with E-state index >= 15 is 0 Å². The number of aryl methyl sites for hydroxylation is 1. The van der Waals surface area contributed by atoms with E-state index in [9.17, 15) is 4.79 Å². The Morgan fingerprint density at radius 1 is 1.11 bits per heavy atom. The van der Waals surface area contributed by atoms with Crippen molar-refractivity contribution >= 4 is 11.6 Å². The van der Waals surface area contributed by atoms with Gasteiger partial charge in [0.2, 0.25) is 5.91 Å². The Hall–Kier alpha value is -3.61. The van der Waals surface area contributed by atoms with Gasteiger partial charge in [-0.25, -0.2) is 15.0 Å². The minimum absolute atomic E-state index is 0.00166. The molecule has 28 heavy (non-hydrogen) atoms. The van der Waals surface area contributed by atoms with E-state index in [1.165, 1.54) is 0 Å². The molecule has 0 aromatic carbocycles. The topological polar surface area (TPSA) is 85.1 Å². The van der Waals surface area contributed by atoms with Crippen molar-refractivity contribution in [2.24, 2.45) is 0 Å². The van der Waals surface area contributed by atoms with Gasteiger partial charge in [0.25, 0.3) is 0 Å². The standard InChI is InChI=1S/C21H18N6O/c1-13-5-6-18-26-17-11-23-19(28)8-15(20(17)27(18)12-13)14-9-24-21(25-10-14)16-4-2-3-7-22-16/h2-7,9-10,12,15H,8,11H2,1H3,(H,23,28)/t15-/m1/s1. The first-order chi connectivity index (χ1) is 13.7. The van der Waals surface area contributed by atoms with Gasteiger partial charge in [-0.05, 0) is 36.2 Å². The number of rotatable bonds is 2. The van der Waals surface area contributed by atoms with E-state index < -0.39 is 0 Å². The average molecular weight is 370 g/mol. The number of nitrogens with zero attached hydrogens (tertiary/aromatic N) is 5. The fourth-order valence-electron chi connectivity index (χ4n) is 3.67. The summed E-state index contributed by atoms with van der Waals surface area (Å²) in [5.74, 6) is 0.405. The van der Waals surface area contributed by atoms with Crippen molar-refractivity contribution in [3.05, 3.63) is 77.6 Å². The molecule has 0 saturated carbocycles. The number of aromatic nitrogens is 5. The van der Waals surface area contributed by atoms with Gasteiger partial charge in [0.15, 0.2) is 5.82 Å². The highest BCUT2D eigenvalue weighted by atomic mass is 16.1. The fourth-order valence-corrected chi connectivity index (χ4v) is 3.67. The third-order valence-electron chi connectivity index (χ3n) is 5.02. The van der Waals surface area contributed by atoms with Crippen LogP contribution < -0.4 is 5.32 Å². The predicted octanol–water partition coefficient (Wildman–Crippen LogP) is 2.65. The molecule has 5 rings (SSSR count). The third-order valence-corrected chi connectivity index (χ3v) is 5.02. The summed E-state index contributed by atoms with van der Waals surface area (Å²) in [4.78, 5) is 30.3. The van der Waals surface area contributed by atoms with Crippen LogP contribution in [0, 0.1) is 6.92 Å². The van der Waals surface area contributed by atoms with Crippen LogP contribution in [0.4, 0.5) is 0 Å². The van der Waals surface area contributed by atoms with Crippen molar-refractivity contribution in [2.75, 3.05) is 0 Å². The smallest absolute Gasteiger partial charge is 0.221 e. The van der Waals surface area contributed by atoms with Crippen molar-refractivity contribution in [1.29, 1.82) is 0 Å². The van der Waals surface area contributed by atoms with Crippen molar-refractivity contribution in [1.82, 2.24) is 29.7 Å². The Kier molecular flexibility index (Phi) is 3.86. The first-order valence-corrected chi connectivity index (χ1v) is 9.16. The maximum Gasteiger partial charge on any atom is 0.221 e. The minimum Gasteiger partial charge on any atom is -0.350 e. The van der Waals surface area contributed by atoms with Gasteiger partial charge in [-0.2, -0.15) is 0 Å². The Bertz CT molecular complexity index is 1170. The Balaban J connectivity index is 1.62. The van der Waals surface area contributed by atoms with Gasteiger partial charge in [-0.15, -0.1) is 0 Å². The van der Waals surface area contributed by atoms with Crippen molar-refractivity contribution in [3.63, 3.8) is 0 Å². The zero-order valence-corrected chi connectivity index (χ0v) is 15.3. The average Bonchev–Trinajstić information content (AvgIpc) is 2.99. The van der Waals surface area contributed by atoms with E-state index in [4.69, 9.17) is 4.98 Å². The molecule has 0 spiro atoms. The molecule has 1 aliphatic rings. The zero-order valence-electron chi connectivity index (χ0n) is 15.3. The van der Waals surface area contributed by atoms with Crippen molar-refractivity contribution < 1.29 is 4.79 Å². The molecule has 4 aromatic rings. The fraction of sp³-hybridized carbons (Fsp3) is 0.190. The normalized spacial score (nSPS) is 16.5. The van der Waals surface area contributed by atoms with Gasteiger partial charge in [0.1, 0.15) is 11.3 Å². The van der Waals surface area contributed by atoms with E-state index in [1.807, 2.05) is 37.3 Å². The van der Waals surface area contributed by atoms with Crippen LogP contribution in [0.5, 0.6) is 0 Å². The van der Waals surface area contributed by atoms with E-state index in [2.05, 4.69) is 30.9 Å². The number of hydrogen-bond acceptors (Lipinski definition) is 5. The van der Waals surface area contributed by atoms with Gasteiger partial charge in [-0.3, -0.25) is 9.78 Å². The lowest BCUT2D eigenvalue weighted by atomic mass is 9.93. The lowest BCUT2D eigenvalue weighted by molar-refractivity contribution is -0.121. The molecule has 4 aromatic heterocycles. The number of carbonyl (C=O) groups excluding carboxylic acids is 1. The van der Waals surface area contributed by atoms with Crippen LogP contribution in [0.15, 0.2) is 55.1 Å². The molecule has 138 valence electrons. The van der Waals surface area contributed by atoms with Gasteiger partial charge < -0.3 is 9.72 Å². The maximum absolute atomic E-state index is 12.3. The number of amides is 1. The summed E-state index contributed by atoms with van der Waals surface area (Å²) in [6.07, 6.45) is 7.70. The number of nitrogens with one attached hydrogen (secondary N) is 1. The van der Waals surface area contributed by atoms with E-state index in [-0.39, 0.29) is 11.8 Å². The summed E-state index contributed by atoms with van der Waals surface area (Å²) in [5, 5.41) is 2.95. The van der Waals surface area contributed by atoms with E-state index in [1.54, 1.807) is 18.6 Å². The summed E-state index contributed by atoms with van der Waals surface area (Å²) in [6, 6.07) is 9.68. The lowest BCUT2D eigenvalue weighted by Gasteiger charge is -2.15. The number of carbonyl (C=O) groups is 1. The first-order valence-electron chi connectivity index (χ1n) is 9.16. The highest BCUT2D eigenvalue weighted by Gasteiger charge is 2.29. The van der Waals surface area contributed by atoms with E-state index in [0.29, 0.717) is 18.8 Å². The Morgan fingerprint density at radius 3 is 2.75 bits per heavy atom. The van der Waals surface area contributed by atoms with Gasteiger partial charge in [-0.1, -0.05) is 12.1 Å². The van der Waals surface area contributed by atoms with Crippen molar-refractivity contribution in [3.8, 4) is 11.5 Å². The SMILES string of the molecule is Cc1ccc2nc3c(n2c1)[C@@H](c1cnc(-c2ccccn2)nc1)CC(=O)NC3. The molecule has 0 fully saturated rings. The van der Waals surface area contributed by atoms with Crippen LogP contribution in [0.1, 0.15) is 34.9 Å². The molecule has 0 saturated heterocycles. The summed E-state index contributed by atoms with van der Waals surface area (Å²) in [5.41, 5.74) is 5.53. The number of pyridine rings is 2. The van der Waals surface area contributed by atoms with Crippen LogP contribution in [0.3, 0.4) is 0 Å². The van der Waals surface area contributed by atoms with Gasteiger partial charge in [0.05, 0.1) is 17.9 Å². The second-order valence-corrected chi connectivity index (χ2v) is 6.97. The van der Waals surface area contributed by atoms with Crippen LogP contribution >= 0.6 is 0 Å². The van der Waals surface area contributed by atoms with Crippen LogP contribution in [0.2, 0.25) is 0 Å². The summed E-state index contributed by atoms with van der Waals surface area (Å²) < 4.78 is 2.09. The first kappa shape index (κ1) is 16.6. The second-order valence-electron chi connectivity index (χ2n) is 6.97. The number of hydrogen-bond donors (Lipinski definition) is 1. The van der Waals surface area contributed by atoms with Crippen molar-refractivity contribution in [2.45, 2.75) is 25.8 Å². The molecule has 7 nitrogen and oxygen atoms in total. The minimum atomic E-state index is -0.160. The molecular formula is C21H18N6O. The summed E-state index contributed by atoms with van der Waals surface area (Å²) >= 11 is 0. The third kappa shape index (κ3) is 2.81. The molecule has 1 atom stereocenters. The molecule has 0 radical (unpaired) electrons. The molecule has 0 aliphatic carbocycles. The monoisotopic (exact) mass is 370 g/mol. The van der Waals surface area contributed by atoms with Gasteiger partial charge >= 0.3 is 0 Å². The summed E-state index contributed by atoms with van der Waals surface area (Å²) in [6.45, 7) is 2.48. The Morgan fingerprint density at radius 2 is 1.96 bits per heavy atom. The highest BCUT2D eigenvalue weighted by molar-refractivity contribution is 5.78. The van der Waals surface area contributed by atoms with Gasteiger partial charge in [0, 0.05) is 37.1 Å². The molecule has 7 heteroatoms. The molecule has 1 aliphatic heterocycles.